The quantitative estimate of drug-likeness (QED) is 0.916. The highest BCUT2D eigenvalue weighted by Crippen LogP contribution is 2.25. The Bertz CT molecular complexity index is 567. The summed E-state index contributed by atoms with van der Waals surface area (Å²) < 4.78 is 0. The highest BCUT2D eigenvalue weighted by molar-refractivity contribution is 5.94. The Balaban J connectivity index is 1.55. The summed E-state index contributed by atoms with van der Waals surface area (Å²) in [6, 6.07) is 9.74. The van der Waals surface area contributed by atoms with Gasteiger partial charge in [0.15, 0.2) is 0 Å². The molecule has 1 unspecified atom stereocenters. The second-order valence-corrected chi connectivity index (χ2v) is 6.82. The lowest BCUT2D eigenvalue weighted by molar-refractivity contribution is -0.137. The van der Waals surface area contributed by atoms with Gasteiger partial charge >= 0.3 is 0 Å². The molecular weight excluding hydrogens is 302 g/mol. The summed E-state index contributed by atoms with van der Waals surface area (Å²) in [5.74, 6) is 0.442. The summed E-state index contributed by atoms with van der Waals surface area (Å²) in [6.45, 7) is 3.11. The predicted molar refractivity (Wildman–Crippen MR) is 93.7 cm³/mol. The summed E-state index contributed by atoms with van der Waals surface area (Å²) in [7, 11) is 1.94. The highest BCUT2D eigenvalue weighted by Gasteiger charge is 2.35. The SMILES string of the molecule is CNCC1CCCN1C(=O)C1CCN(C(=O)c2ccccc2)CC1. The van der Waals surface area contributed by atoms with Gasteiger partial charge in [-0.15, -0.1) is 0 Å². The Morgan fingerprint density at radius 2 is 1.79 bits per heavy atom. The van der Waals surface area contributed by atoms with Crippen molar-refractivity contribution in [2.45, 2.75) is 31.7 Å². The average Bonchev–Trinajstić information content (AvgIpc) is 3.10. The predicted octanol–water partition coefficient (Wildman–Crippen LogP) is 1.75. The van der Waals surface area contributed by atoms with Gasteiger partial charge in [-0.3, -0.25) is 9.59 Å². The minimum absolute atomic E-state index is 0.0716. The van der Waals surface area contributed by atoms with Gasteiger partial charge in [0.25, 0.3) is 5.91 Å². The average molecular weight is 329 g/mol. The lowest BCUT2D eigenvalue weighted by Crippen LogP contribution is -2.47. The molecule has 0 bridgehead atoms. The molecule has 2 aliphatic heterocycles. The molecule has 0 radical (unpaired) electrons. The number of carbonyl (C=O) groups excluding carboxylic acids is 2. The van der Waals surface area contributed by atoms with Gasteiger partial charge in [-0.2, -0.15) is 0 Å². The van der Waals surface area contributed by atoms with Gasteiger partial charge in [0.1, 0.15) is 0 Å². The van der Waals surface area contributed by atoms with Crippen LogP contribution in [0, 0.1) is 5.92 Å². The van der Waals surface area contributed by atoms with Gasteiger partial charge in [0.2, 0.25) is 5.91 Å². The number of amides is 2. The molecule has 2 saturated heterocycles. The third kappa shape index (κ3) is 3.61. The second-order valence-electron chi connectivity index (χ2n) is 6.82. The maximum absolute atomic E-state index is 12.8. The maximum Gasteiger partial charge on any atom is 0.253 e. The molecule has 0 saturated carbocycles. The van der Waals surface area contributed by atoms with Crippen molar-refractivity contribution in [2.24, 2.45) is 5.92 Å². The van der Waals surface area contributed by atoms with Crippen molar-refractivity contribution >= 4 is 11.8 Å². The van der Waals surface area contributed by atoms with Gasteiger partial charge in [0, 0.05) is 43.7 Å². The standard InChI is InChI=1S/C19H27N3O2/c1-20-14-17-8-5-11-22(17)19(24)16-9-12-21(13-10-16)18(23)15-6-3-2-4-7-15/h2-4,6-7,16-17,20H,5,8-14H2,1H3. The molecule has 1 N–H and O–H groups in total. The molecule has 1 aromatic carbocycles. The first kappa shape index (κ1) is 17.0. The number of piperidine rings is 1. The van der Waals surface area contributed by atoms with Crippen LogP contribution in [-0.4, -0.2) is 60.9 Å². The van der Waals surface area contributed by atoms with Crippen molar-refractivity contribution in [2.75, 3.05) is 33.2 Å². The van der Waals surface area contributed by atoms with Crippen LogP contribution in [0.5, 0.6) is 0 Å². The fourth-order valence-corrected chi connectivity index (χ4v) is 3.90. The molecule has 2 fully saturated rings. The van der Waals surface area contributed by atoms with E-state index in [4.69, 9.17) is 0 Å². The molecule has 1 aromatic rings. The van der Waals surface area contributed by atoms with E-state index >= 15 is 0 Å². The van der Waals surface area contributed by atoms with Crippen LogP contribution in [0.3, 0.4) is 0 Å². The zero-order chi connectivity index (χ0) is 16.9. The largest absolute Gasteiger partial charge is 0.339 e. The molecule has 3 rings (SSSR count). The molecule has 1 atom stereocenters. The summed E-state index contributed by atoms with van der Waals surface area (Å²) in [5, 5.41) is 3.19. The van der Waals surface area contributed by atoms with Gasteiger partial charge in [-0.1, -0.05) is 18.2 Å². The van der Waals surface area contributed by atoms with Crippen molar-refractivity contribution in [1.82, 2.24) is 15.1 Å². The molecular formula is C19H27N3O2. The van der Waals surface area contributed by atoms with E-state index in [1.54, 1.807) is 0 Å². The summed E-state index contributed by atoms with van der Waals surface area (Å²) in [4.78, 5) is 29.3. The van der Waals surface area contributed by atoms with E-state index in [1.165, 1.54) is 0 Å². The lowest BCUT2D eigenvalue weighted by Gasteiger charge is -2.35. The molecule has 0 aromatic heterocycles. The molecule has 0 aliphatic carbocycles. The summed E-state index contributed by atoms with van der Waals surface area (Å²) in [6.07, 6.45) is 3.75. The Morgan fingerprint density at radius 1 is 1.08 bits per heavy atom. The lowest BCUT2D eigenvalue weighted by atomic mass is 9.94. The number of hydrogen-bond donors (Lipinski definition) is 1. The zero-order valence-corrected chi connectivity index (χ0v) is 14.4. The van der Waals surface area contributed by atoms with Crippen molar-refractivity contribution < 1.29 is 9.59 Å². The van der Waals surface area contributed by atoms with E-state index in [0.29, 0.717) is 25.0 Å². The van der Waals surface area contributed by atoms with E-state index in [2.05, 4.69) is 10.2 Å². The third-order valence-corrected chi connectivity index (χ3v) is 5.25. The van der Waals surface area contributed by atoms with Crippen LogP contribution in [-0.2, 0) is 4.79 Å². The number of carbonyl (C=O) groups is 2. The number of likely N-dealkylation sites (tertiary alicyclic amines) is 2. The van der Waals surface area contributed by atoms with Gasteiger partial charge in [0.05, 0.1) is 0 Å². The third-order valence-electron chi connectivity index (χ3n) is 5.25. The Hall–Kier alpha value is -1.88. The Kier molecular flexibility index (Phi) is 5.51. The van der Waals surface area contributed by atoms with Crippen LogP contribution in [0.25, 0.3) is 0 Å². The van der Waals surface area contributed by atoms with Crippen molar-refractivity contribution in [3.8, 4) is 0 Å². The highest BCUT2D eigenvalue weighted by atomic mass is 16.2. The van der Waals surface area contributed by atoms with E-state index in [-0.39, 0.29) is 11.8 Å². The normalized spacial score (nSPS) is 22.0. The van der Waals surface area contributed by atoms with E-state index in [0.717, 1.165) is 44.3 Å². The maximum atomic E-state index is 12.8. The Morgan fingerprint density at radius 3 is 2.46 bits per heavy atom. The topological polar surface area (TPSA) is 52.7 Å². The smallest absolute Gasteiger partial charge is 0.253 e. The molecule has 2 aliphatic rings. The fraction of sp³-hybridized carbons (Fsp3) is 0.579. The fourth-order valence-electron chi connectivity index (χ4n) is 3.90. The first-order valence-corrected chi connectivity index (χ1v) is 9.00. The van der Waals surface area contributed by atoms with Crippen molar-refractivity contribution in [3.63, 3.8) is 0 Å². The van der Waals surface area contributed by atoms with Crippen molar-refractivity contribution in [3.05, 3.63) is 35.9 Å². The van der Waals surface area contributed by atoms with Crippen LogP contribution in [0.4, 0.5) is 0 Å². The minimum atomic E-state index is 0.0716. The molecule has 2 amide bonds. The minimum Gasteiger partial charge on any atom is -0.339 e. The number of likely N-dealkylation sites (N-methyl/N-ethyl adjacent to an activating group) is 1. The van der Waals surface area contributed by atoms with E-state index < -0.39 is 0 Å². The Labute approximate surface area is 144 Å². The van der Waals surface area contributed by atoms with Crippen LogP contribution >= 0.6 is 0 Å². The van der Waals surface area contributed by atoms with Crippen LogP contribution in [0.2, 0.25) is 0 Å². The van der Waals surface area contributed by atoms with Gasteiger partial charge in [-0.05, 0) is 44.9 Å². The number of benzene rings is 1. The first-order chi connectivity index (χ1) is 11.7. The molecule has 24 heavy (non-hydrogen) atoms. The first-order valence-electron chi connectivity index (χ1n) is 9.00. The van der Waals surface area contributed by atoms with E-state index in [1.807, 2.05) is 42.3 Å². The molecule has 130 valence electrons. The molecule has 5 nitrogen and oxygen atoms in total. The number of nitrogens with one attached hydrogen (secondary N) is 1. The van der Waals surface area contributed by atoms with Crippen LogP contribution in [0.15, 0.2) is 30.3 Å². The van der Waals surface area contributed by atoms with Gasteiger partial charge in [-0.25, -0.2) is 0 Å². The molecule has 2 heterocycles. The molecule has 5 heteroatoms. The zero-order valence-electron chi connectivity index (χ0n) is 14.4. The number of nitrogens with zero attached hydrogens (tertiary/aromatic N) is 2. The molecule has 0 spiro atoms. The van der Waals surface area contributed by atoms with Crippen LogP contribution in [0.1, 0.15) is 36.0 Å². The van der Waals surface area contributed by atoms with Gasteiger partial charge < -0.3 is 15.1 Å². The van der Waals surface area contributed by atoms with E-state index in [9.17, 15) is 9.59 Å². The van der Waals surface area contributed by atoms with Crippen LogP contribution < -0.4 is 5.32 Å². The summed E-state index contributed by atoms with van der Waals surface area (Å²) in [5.41, 5.74) is 0.732. The number of rotatable bonds is 4. The van der Waals surface area contributed by atoms with Crippen molar-refractivity contribution in [1.29, 1.82) is 0 Å². The summed E-state index contributed by atoms with van der Waals surface area (Å²) >= 11 is 0. The monoisotopic (exact) mass is 329 g/mol. The number of hydrogen-bond acceptors (Lipinski definition) is 3. The second kappa shape index (κ2) is 7.79.